The van der Waals surface area contributed by atoms with Crippen molar-refractivity contribution in [2.24, 2.45) is 0 Å². The van der Waals surface area contributed by atoms with Gasteiger partial charge in [-0.3, -0.25) is 10.1 Å². The van der Waals surface area contributed by atoms with Crippen LogP contribution in [0.5, 0.6) is 0 Å². The second kappa shape index (κ2) is 7.76. The number of likely N-dealkylation sites (N-methyl/N-ethyl adjacent to an activating group) is 2. The number of rotatable bonds is 7. The van der Waals surface area contributed by atoms with Crippen molar-refractivity contribution in [1.82, 2.24) is 0 Å². The second-order valence-corrected chi connectivity index (χ2v) is 5.69. The maximum atomic E-state index is 11.3. The molecule has 8 heteroatoms. The molecule has 0 aromatic heterocycles. The number of hydrogen-bond donors (Lipinski definition) is 2. The van der Waals surface area contributed by atoms with Crippen LogP contribution in [0, 0.1) is 21.4 Å². The Bertz CT molecular complexity index is 610. The highest BCUT2D eigenvalue weighted by molar-refractivity contribution is 5.75. The average molecular weight is 322 g/mol. The van der Waals surface area contributed by atoms with E-state index in [2.05, 4.69) is 0 Å². The predicted octanol–water partition coefficient (Wildman–Crippen LogP) is 1.10. The SMILES string of the molecule is C[C@H](O)CN(C)c1cc(N(C)C[C@@H](C)O)c([N+](=O)[O-])cc1C#N. The van der Waals surface area contributed by atoms with Crippen LogP contribution < -0.4 is 9.80 Å². The highest BCUT2D eigenvalue weighted by atomic mass is 16.6. The van der Waals surface area contributed by atoms with E-state index in [1.165, 1.54) is 6.07 Å². The zero-order valence-corrected chi connectivity index (χ0v) is 13.7. The first kappa shape index (κ1) is 18.7. The van der Waals surface area contributed by atoms with E-state index >= 15 is 0 Å². The van der Waals surface area contributed by atoms with Crippen LogP contribution in [0.15, 0.2) is 12.1 Å². The number of aliphatic hydroxyl groups is 2. The summed E-state index contributed by atoms with van der Waals surface area (Å²) >= 11 is 0. The molecule has 8 nitrogen and oxygen atoms in total. The number of nitrogens with zero attached hydrogens (tertiary/aromatic N) is 4. The first-order chi connectivity index (χ1) is 10.7. The lowest BCUT2D eigenvalue weighted by Crippen LogP contribution is -2.29. The predicted molar refractivity (Wildman–Crippen MR) is 87.7 cm³/mol. The highest BCUT2D eigenvalue weighted by Gasteiger charge is 2.23. The van der Waals surface area contributed by atoms with Gasteiger partial charge in [0.2, 0.25) is 0 Å². The lowest BCUT2D eigenvalue weighted by Gasteiger charge is -2.26. The minimum Gasteiger partial charge on any atom is -0.392 e. The summed E-state index contributed by atoms with van der Waals surface area (Å²) in [7, 11) is 3.34. The minimum absolute atomic E-state index is 0.161. The molecular formula is C15H22N4O4. The Morgan fingerprint density at radius 1 is 1.17 bits per heavy atom. The van der Waals surface area contributed by atoms with E-state index in [1.54, 1.807) is 43.8 Å². The van der Waals surface area contributed by atoms with E-state index in [9.17, 15) is 25.6 Å². The normalized spacial score (nSPS) is 13.1. The first-order valence-corrected chi connectivity index (χ1v) is 7.18. The van der Waals surface area contributed by atoms with Crippen LogP contribution in [0.4, 0.5) is 17.1 Å². The average Bonchev–Trinajstić information content (AvgIpc) is 2.44. The van der Waals surface area contributed by atoms with Crippen LogP contribution >= 0.6 is 0 Å². The van der Waals surface area contributed by atoms with E-state index in [0.717, 1.165) is 0 Å². The van der Waals surface area contributed by atoms with Gasteiger partial charge in [-0.05, 0) is 19.9 Å². The molecule has 0 fully saturated rings. The lowest BCUT2D eigenvalue weighted by atomic mass is 10.1. The van der Waals surface area contributed by atoms with E-state index in [4.69, 9.17) is 0 Å². The van der Waals surface area contributed by atoms with Gasteiger partial charge in [-0.2, -0.15) is 5.26 Å². The Kier molecular flexibility index (Phi) is 6.30. The van der Waals surface area contributed by atoms with Gasteiger partial charge < -0.3 is 20.0 Å². The van der Waals surface area contributed by atoms with Crippen molar-refractivity contribution in [2.75, 3.05) is 37.0 Å². The summed E-state index contributed by atoms with van der Waals surface area (Å²) in [5.41, 5.74) is 0.765. The number of nitriles is 1. The third-order valence-electron chi connectivity index (χ3n) is 3.31. The third kappa shape index (κ3) is 4.81. The molecule has 0 saturated carbocycles. The van der Waals surface area contributed by atoms with Crippen molar-refractivity contribution in [3.8, 4) is 6.07 Å². The summed E-state index contributed by atoms with van der Waals surface area (Å²) in [6.07, 6.45) is -1.27. The van der Waals surface area contributed by atoms with Gasteiger partial charge in [0.05, 0.1) is 28.4 Å². The van der Waals surface area contributed by atoms with Gasteiger partial charge in [0.25, 0.3) is 5.69 Å². The topological polar surface area (TPSA) is 114 Å². The van der Waals surface area contributed by atoms with E-state index in [1.807, 2.05) is 6.07 Å². The van der Waals surface area contributed by atoms with Crippen LogP contribution in [-0.4, -0.2) is 54.5 Å². The lowest BCUT2D eigenvalue weighted by molar-refractivity contribution is -0.384. The zero-order chi connectivity index (χ0) is 17.7. The molecule has 0 amide bonds. The molecule has 1 aromatic carbocycles. The molecule has 0 unspecified atom stereocenters. The number of nitro benzene ring substituents is 1. The van der Waals surface area contributed by atoms with Crippen LogP contribution in [0.3, 0.4) is 0 Å². The molecule has 0 saturated heterocycles. The van der Waals surface area contributed by atoms with Crippen molar-refractivity contribution < 1.29 is 15.1 Å². The summed E-state index contributed by atoms with van der Waals surface area (Å²) in [5, 5.41) is 39.6. The molecular weight excluding hydrogens is 300 g/mol. The summed E-state index contributed by atoms with van der Waals surface area (Å²) in [6, 6.07) is 4.72. The number of benzene rings is 1. The molecule has 0 spiro atoms. The molecule has 23 heavy (non-hydrogen) atoms. The van der Waals surface area contributed by atoms with E-state index in [0.29, 0.717) is 11.4 Å². The number of nitro groups is 1. The quantitative estimate of drug-likeness (QED) is 0.570. The van der Waals surface area contributed by atoms with Crippen LogP contribution in [0.2, 0.25) is 0 Å². The van der Waals surface area contributed by atoms with Gasteiger partial charge in [0.1, 0.15) is 11.8 Å². The molecule has 126 valence electrons. The molecule has 0 radical (unpaired) electrons. The Labute approximate surface area is 135 Å². The molecule has 1 aromatic rings. The fraction of sp³-hybridized carbons (Fsp3) is 0.533. The molecule has 2 atom stereocenters. The van der Waals surface area contributed by atoms with Gasteiger partial charge >= 0.3 is 0 Å². The Balaban J connectivity index is 3.42. The maximum Gasteiger partial charge on any atom is 0.293 e. The van der Waals surface area contributed by atoms with E-state index in [-0.39, 0.29) is 24.3 Å². The van der Waals surface area contributed by atoms with Gasteiger partial charge in [0, 0.05) is 33.3 Å². The van der Waals surface area contributed by atoms with Crippen LogP contribution in [0.1, 0.15) is 19.4 Å². The number of anilines is 2. The van der Waals surface area contributed by atoms with Gasteiger partial charge in [-0.15, -0.1) is 0 Å². The van der Waals surface area contributed by atoms with Gasteiger partial charge in [-0.1, -0.05) is 0 Å². The fourth-order valence-corrected chi connectivity index (χ4v) is 2.41. The summed E-state index contributed by atoms with van der Waals surface area (Å²) < 4.78 is 0. The molecule has 0 aliphatic heterocycles. The second-order valence-electron chi connectivity index (χ2n) is 5.69. The number of hydrogen-bond acceptors (Lipinski definition) is 7. The monoisotopic (exact) mass is 322 g/mol. The van der Waals surface area contributed by atoms with Gasteiger partial charge in [0.15, 0.2) is 0 Å². The standard InChI is InChI=1S/C15H22N4O4/c1-10(20)8-17(3)13-6-14(18(4)9-11(2)21)15(19(22)23)5-12(13)7-16/h5-6,10-11,20-21H,8-9H2,1-4H3/t10-,11+/m0/s1. The van der Waals surface area contributed by atoms with E-state index < -0.39 is 17.1 Å². The largest absolute Gasteiger partial charge is 0.392 e. The third-order valence-corrected chi connectivity index (χ3v) is 3.31. The van der Waals surface area contributed by atoms with Crippen LogP contribution in [0.25, 0.3) is 0 Å². The van der Waals surface area contributed by atoms with Crippen LogP contribution in [-0.2, 0) is 0 Å². The minimum atomic E-state index is -0.658. The van der Waals surface area contributed by atoms with Crippen molar-refractivity contribution in [1.29, 1.82) is 5.26 Å². The summed E-state index contributed by atoms with van der Waals surface area (Å²) in [4.78, 5) is 14.0. The summed E-state index contributed by atoms with van der Waals surface area (Å²) in [5.74, 6) is 0. The molecule has 1 rings (SSSR count). The highest BCUT2D eigenvalue weighted by Crippen LogP contribution is 2.35. The van der Waals surface area contributed by atoms with Crippen molar-refractivity contribution >= 4 is 17.1 Å². The summed E-state index contributed by atoms with van der Waals surface area (Å²) in [6.45, 7) is 3.71. The van der Waals surface area contributed by atoms with Crippen molar-refractivity contribution in [2.45, 2.75) is 26.1 Å². The maximum absolute atomic E-state index is 11.3. The first-order valence-electron chi connectivity index (χ1n) is 7.18. The molecule has 0 bridgehead atoms. The molecule has 0 heterocycles. The zero-order valence-electron chi connectivity index (χ0n) is 13.7. The van der Waals surface area contributed by atoms with Crippen molar-refractivity contribution in [3.63, 3.8) is 0 Å². The molecule has 0 aliphatic carbocycles. The van der Waals surface area contributed by atoms with Gasteiger partial charge in [-0.25, -0.2) is 0 Å². The Morgan fingerprint density at radius 2 is 1.65 bits per heavy atom. The smallest absolute Gasteiger partial charge is 0.293 e. The molecule has 2 N–H and O–H groups in total. The van der Waals surface area contributed by atoms with Crippen molar-refractivity contribution in [3.05, 3.63) is 27.8 Å². The Hall–Kier alpha value is -2.37. The Morgan fingerprint density at radius 3 is 2.04 bits per heavy atom. The molecule has 0 aliphatic rings. The fourth-order valence-electron chi connectivity index (χ4n) is 2.41. The number of aliphatic hydroxyl groups excluding tert-OH is 2.